The average molecular weight is 354 g/mol. The number of rotatable bonds is 4. The third-order valence-electron chi connectivity index (χ3n) is 5.37. The van der Waals surface area contributed by atoms with Gasteiger partial charge in [-0.05, 0) is 18.9 Å². The molecule has 4 rings (SSSR count). The minimum Gasteiger partial charge on any atom is -0.346 e. The molecule has 4 heterocycles. The van der Waals surface area contributed by atoms with Crippen LogP contribution < -0.4 is 11.3 Å². The van der Waals surface area contributed by atoms with Crippen LogP contribution >= 0.6 is 0 Å². The van der Waals surface area contributed by atoms with E-state index < -0.39 is 0 Å². The van der Waals surface area contributed by atoms with E-state index in [9.17, 15) is 4.79 Å². The van der Waals surface area contributed by atoms with Crippen molar-refractivity contribution in [1.82, 2.24) is 24.4 Å². The normalized spacial score (nSPS) is 16.9. The summed E-state index contributed by atoms with van der Waals surface area (Å²) in [7, 11) is 0. The zero-order valence-corrected chi connectivity index (χ0v) is 15.4. The van der Waals surface area contributed by atoms with Crippen LogP contribution in [-0.2, 0) is 0 Å². The topological polar surface area (TPSA) is 92.8 Å². The molecule has 138 valence electrons. The lowest BCUT2D eigenvalue weighted by Crippen LogP contribution is -2.40. The van der Waals surface area contributed by atoms with Crippen molar-refractivity contribution in [2.75, 3.05) is 26.2 Å². The van der Waals surface area contributed by atoms with E-state index in [1.807, 2.05) is 30.7 Å². The molecular weight excluding hydrogens is 328 g/mol. The van der Waals surface area contributed by atoms with Gasteiger partial charge < -0.3 is 20.2 Å². The highest BCUT2D eigenvalue weighted by Gasteiger charge is 2.25. The number of fused-ring (bicyclic) bond motifs is 3. The lowest BCUT2D eigenvalue weighted by molar-refractivity contribution is 0.191. The Morgan fingerprint density at radius 1 is 1.35 bits per heavy atom. The fraction of sp³-hybridized carbons (Fsp3) is 0.526. The Hall–Kier alpha value is -2.25. The SMILES string of the molecule is CC(C)c1nc2cnc3[nH]ccc3c2n(C2CCN(CCN)CC2)c1=O. The summed E-state index contributed by atoms with van der Waals surface area (Å²) >= 11 is 0. The summed E-state index contributed by atoms with van der Waals surface area (Å²) in [5, 5.41) is 0.965. The van der Waals surface area contributed by atoms with Gasteiger partial charge in [0.15, 0.2) is 0 Å². The standard InChI is InChI=1S/C19H26N6O/c1-12(2)16-19(26)25(13-4-8-24(9-5-13)10-6-20)17-14-3-7-21-18(14)22-11-15(17)23-16/h3,7,11-13H,4-6,8-10,20H2,1-2H3,(H,21,22). The molecule has 0 bridgehead atoms. The number of hydrogen-bond donors (Lipinski definition) is 2. The molecule has 7 heteroatoms. The number of H-pyrrole nitrogens is 1. The van der Waals surface area contributed by atoms with Gasteiger partial charge in [0.2, 0.25) is 0 Å². The molecule has 1 aliphatic heterocycles. The number of likely N-dealkylation sites (tertiary alicyclic amines) is 1. The average Bonchev–Trinajstić information content (AvgIpc) is 3.11. The van der Waals surface area contributed by atoms with Crippen LogP contribution in [0.15, 0.2) is 23.3 Å². The van der Waals surface area contributed by atoms with Gasteiger partial charge in [0.1, 0.15) is 16.9 Å². The van der Waals surface area contributed by atoms with Gasteiger partial charge in [-0.25, -0.2) is 9.97 Å². The first kappa shape index (κ1) is 17.2. The van der Waals surface area contributed by atoms with Crippen molar-refractivity contribution < 1.29 is 0 Å². The second kappa shape index (κ2) is 6.81. The first-order valence-electron chi connectivity index (χ1n) is 9.40. The molecule has 1 fully saturated rings. The van der Waals surface area contributed by atoms with E-state index in [2.05, 4.69) is 19.9 Å². The number of nitrogens with two attached hydrogens (primary N) is 1. The van der Waals surface area contributed by atoms with E-state index in [-0.39, 0.29) is 17.5 Å². The molecular formula is C19H26N6O. The van der Waals surface area contributed by atoms with Gasteiger partial charge in [0, 0.05) is 49.7 Å². The van der Waals surface area contributed by atoms with Crippen molar-refractivity contribution in [3.05, 3.63) is 34.5 Å². The van der Waals surface area contributed by atoms with Crippen LogP contribution in [0.2, 0.25) is 0 Å². The third kappa shape index (κ3) is 2.81. The molecule has 1 aliphatic rings. The van der Waals surface area contributed by atoms with Gasteiger partial charge in [0.05, 0.1) is 11.7 Å². The van der Waals surface area contributed by atoms with Gasteiger partial charge in [-0.15, -0.1) is 0 Å². The Labute approximate surface area is 152 Å². The molecule has 0 saturated carbocycles. The molecule has 0 atom stereocenters. The predicted molar refractivity (Wildman–Crippen MR) is 104 cm³/mol. The summed E-state index contributed by atoms with van der Waals surface area (Å²) in [6.07, 6.45) is 5.54. The van der Waals surface area contributed by atoms with Crippen molar-refractivity contribution in [3.8, 4) is 0 Å². The van der Waals surface area contributed by atoms with Crippen molar-refractivity contribution in [1.29, 1.82) is 0 Å². The Morgan fingerprint density at radius 3 is 2.81 bits per heavy atom. The summed E-state index contributed by atoms with van der Waals surface area (Å²) in [4.78, 5) is 28.0. The minimum absolute atomic E-state index is 0.0403. The highest BCUT2D eigenvalue weighted by Crippen LogP contribution is 2.29. The molecule has 3 aromatic heterocycles. The van der Waals surface area contributed by atoms with Crippen LogP contribution in [-0.4, -0.2) is 50.6 Å². The van der Waals surface area contributed by atoms with Crippen molar-refractivity contribution in [2.45, 2.75) is 38.6 Å². The lowest BCUT2D eigenvalue weighted by Gasteiger charge is -2.33. The van der Waals surface area contributed by atoms with Crippen LogP contribution in [0.1, 0.15) is 44.3 Å². The van der Waals surface area contributed by atoms with Crippen molar-refractivity contribution >= 4 is 22.1 Å². The summed E-state index contributed by atoms with van der Waals surface area (Å²) in [6.45, 7) is 7.57. The number of nitrogens with zero attached hydrogens (tertiary/aromatic N) is 4. The van der Waals surface area contributed by atoms with E-state index in [1.54, 1.807) is 6.20 Å². The number of piperidine rings is 1. The molecule has 0 aromatic carbocycles. The number of pyridine rings is 1. The highest BCUT2D eigenvalue weighted by molar-refractivity contribution is 6.00. The maximum atomic E-state index is 13.3. The first-order valence-corrected chi connectivity index (χ1v) is 9.40. The number of aromatic nitrogens is 4. The molecule has 0 amide bonds. The zero-order valence-electron chi connectivity index (χ0n) is 15.4. The molecule has 7 nitrogen and oxygen atoms in total. The molecule has 3 aromatic rings. The van der Waals surface area contributed by atoms with Gasteiger partial charge >= 0.3 is 0 Å². The van der Waals surface area contributed by atoms with Crippen LogP contribution in [0.25, 0.3) is 22.1 Å². The minimum atomic E-state index is 0.0403. The van der Waals surface area contributed by atoms with E-state index in [0.717, 1.165) is 54.5 Å². The van der Waals surface area contributed by atoms with E-state index in [4.69, 9.17) is 5.73 Å². The number of nitrogens with one attached hydrogen (secondary N) is 1. The largest absolute Gasteiger partial charge is 0.346 e. The fourth-order valence-corrected chi connectivity index (χ4v) is 4.03. The van der Waals surface area contributed by atoms with Gasteiger partial charge in [-0.2, -0.15) is 0 Å². The molecule has 0 unspecified atom stereocenters. The molecule has 0 spiro atoms. The predicted octanol–water partition coefficient (Wildman–Crippen LogP) is 1.99. The molecule has 0 radical (unpaired) electrons. The monoisotopic (exact) mass is 354 g/mol. The maximum Gasteiger partial charge on any atom is 0.273 e. The molecule has 3 N–H and O–H groups in total. The van der Waals surface area contributed by atoms with Crippen LogP contribution in [0.4, 0.5) is 0 Å². The van der Waals surface area contributed by atoms with Crippen LogP contribution in [0.3, 0.4) is 0 Å². The highest BCUT2D eigenvalue weighted by atomic mass is 16.1. The third-order valence-corrected chi connectivity index (χ3v) is 5.37. The number of aromatic amines is 1. The van der Waals surface area contributed by atoms with Crippen LogP contribution in [0.5, 0.6) is 0 Å². The zero-order chi connectivity index (χ0) is 18.3. The van der Waals surface area contributed by atoms with E-state index >= 15 is 0 Å². The summed E-state index contributed by atoms with van der Waals surface area (Å²) in [5.74, 6) is 0.0809. The number of hydrogen-bond acceptors (Lipinski definition) is 5. The summed E-state index contributed by atoms with van der Waals surface area (Å²) in [5.41, 5.74) is 8.85. The fourth-order valence-electron chi connectivity index (χ4n) is 4.03. The lowest BCUT2D eigenvalue weighted by atomic mass is 10.0. The maximum absolute atomic E-state index is 13.3. The molecule has 1 saturated heterocycles. The summed E-state index contributed by atoms with van der Waals surface area (Å²) < 4.78 is 2.00. The second-order valence-corrected chi connectivity index (χ2v) is 7.42. The van der Waals surface area contributed by atoms with Crippen molar-refractivity contribution in [3.63, 3.8) is 0 Å². The quantitative estimate of drug-likeness (QED) is 0.747. The smallest absolute Gasteiger partial charge is 0.273 e. The van der Waals surface area contributed by atoms with Gasteiger partial charge in [-0.3, -0.25) is 4.79 Å². The molecule has 26 heavy (non-hydrogen) atoms. The second-order valence-electron chi connectivity index (χ2n) is 7.42. The Balaban J connectivity index is 1.90. The van der Waals surface area contributed by atoms with Gasteiger partial charge in [-0.1, -0.05) is 13.8 Å². The van der Waals surface area contributed by atoms with E-state index in [0.29, 0.717) is 12.2 Å². The summed E-state index contributed by atoms with van der Waals surface area (Å²) in [6, 6.07) is 2.17. The van der Waals surface area contributed by atoms with Crippen LogP contribution in [0, 0.1) is 0 Å². The first-order chi connectivity index (χ1) is 12.6. The Kier molecular flexibility index (Phi) is 4.50. The van der Waals surface area contributed by atoms with E-state index in [1.165, 1.54) is 0 Å². The van der Waals surface area contributed by atoms with Gasteiger partial charge in [0.25, 0.3) is 5.56 Å². The Morgan fingerprint density at radius 2 is 2.12 bits per heavy atom. The molecule has 0 aliphatic carbocycles. The van der Waals surface area contributed by atoms with Crippen molar-refractivity contribution in [2.24, 2.45) is 5.73 Å². The Bertz CT molecular complexity index is 981.